The van der Waals surface area contributed by atoms with Gasteiger partial charge in [0.25, 0.3) is 0 Å². The van der Waals surface area contributed by atoms with Gasteiger partial charge in [0.05, 0.1) is 0 Å². The first kappa shape index (κ1) is 10.4. The molecule has 1 aliphatic carbocycles. The van der Waals surface area contributed by atoms with Gasteiger partial charge in [-0.2, -0.15) is 15.0 Å². The number of rotatable bonds is 2. The maximum atomic E-state index is 5.69. The lowest BCUT2D eigenvalue weighted by Gasteiger charge is -2.16. The molecule has 2 unspecified atom stereocenters. The smallest absolute Gasteiger partial charge is 0.229 e. The zero-order valence-electron chi connectivity index (χ0n) is 8.57. The van der Waals surface area contributed by atoms with Crippen LogP contribution in [-0.4, -0.2) is 21.0 Å². The molecule has 2 rings (SSSR count). The maximum absolute atomic E-state index is 5.69. The quantitative estimate of drug-likeness (QED) is 0.804. The van der Waals surface area contributed by atoms with Crippen LogP contribution in [0.5, 0.6) is 0 Å². The second-order valence-electron chi connectivity index (χ2n) is 3.95. The topological polar surface area (TPSA) is 76.7 Å². The minimum atomic E-state index is 0.135. The number of hydrogen-bond acceptors (Lipinski definition) is 5. The number of aromatic nitrogens is 3. The van der Waals surface area contributed by atoms with E-state index in [2.05, 4.69) is 27.2 Å². The Hall–Kier alpha value is -1.10. The predicted molar refractivity (Wildman–Crippen MR) is 59.7 cm³/mol. The van der Waals surface area contributed by atoms with E-state index in [1.807, 2.05) is 0 Å². The number of halogens is 1. The van der Waals surface area contributed by atoms with Gasteiger partial charge < -0.3 is 11.1 Å². The van der Waals surface area contributed by atoms with Crippen LogP contribution < -0.4 is 11.1 Å². The molecule has 3 N–H and O–H groups in total. The fraction of sp³-hybridized carbons (Fsp3) is 0.667. The monoisotopic (exact) mass is 227 g/mol. The van der Waals surface area contributed by atoms with Crippen molar-refractivity contribution in [2.75, 3.05) is 11.1 Å². The Bertz CT molecular complexity index is 336. The molecule has 1 heterocycles. The van der Waals surface area contributed by atoms with Crippen molar-refractivity contribution < 1.29 is 0 Å². The highest BCUT2D eigenvalue weighted by atomic mass is 35.5. The average molecular weight is 228 g/mol. The molecule has 0 amide bonds. The van der Waals surface area contributed by atoms with Gasteiger partial charge in [0.1, 0.15) is 0 Å². The van der Waals surface area contributed by atoms with Crippen LogP contribution in [0, 0.1) is 5.92 Å². The molecular weight excluding hydrogens is 214 g/mol. The molecule has 6 heteroatoms. The predicted octanol–water partition coefficient (Wildman–Crippen LogP) is 1.71. The molecule has 5 nitrogen and oxygen atoms in total. The highest BCUT2D eigenvalue weighted by Crippen LogP contribution is 2.27. The summed E-state index contributed by atoms with van der Waals surface area (Å²) in [5.41, 5.74) is 5.48. The Labute approximate surface area is 93.5 Å². The van der Waals surface area contributed by atoms with Crippen molar-refractivity contribution in [3.63, 3.8) is 0 Å². The third kappa shape index (κ3) is 2.47. The molecule has 2 atom stereocenters. The van der Waals surface area contributed by atoms with Crippen molar-refractivity contribution in [1.82, 2.24) is 15.0 Å². The fourth-order valence-corrected chi connectivity index (χ4v) is 2.12. The van der Waals surface area contributed by atoms with Gasteiger partial charge in [0.15, 0.2) is 0 Å². The van der Waals surface area contributed by atoms with Crippen LogP contribution >= 0.6 is 11.6 Å². The van der Waals surface area contributed by atoms with Gasteiger partial charge >= 0.3 is 0 Å². The summed E-state index contributed by atoms with van der Waals surface area (Å²) in [6, 6.07) is 0.419. The van der Waals surface area contributed by atoms with E-state index in [0.717, 1.165) is 6.42 Å². The average Bonchev–Trinajstić information content (AvgIpc) is 2.50. The van der Waals surface area contributed by atoms with Crippen LogP contribution in [-0.2, 0) is 0 Å². The zero-order valence-corrected chi connectivity index (χ0v) is 9.33. The molecular formula is C9H14ClN5. The molecule has 0 saturated heterocycles. The summed E-state index contributed by atoms with van der Waals surface area (Å²) in [5.74, 6) is 1.27. The van der Waals surface area contributed by atoms with E-state index in [9.17, 15) is 0 Å². The van der Waals surface area contributed by atoms with Crippen molar-refractivity contribution in [3.8, 4) is 0 Å². The molecule has 1 aliphatic rings. The Kier molecular flexibility index (Phi) is 2.90. The third-order valence-electron chi connectivity index (χ3n) is 2.80. The van der Waals surface area contributed by atoms with Crippen molar-refractivity contribution in [3.05, 3.63) is 5.28 Å². The summed E-state index contributed by atoms with van der Waals surface area (Å²) >= 11 is 5.69. The Morgan fingerprint density at radius 3 is 2.73 bits per heavy atom. The minimum Gasteiger partial charge on any atom is -0.368 e. The largest absolute Gasteiger partial charge is 0.368 e. The van der Waals surface area contributed by atoms with Crippen molar-refractivity contribution >= 4 is 23.5 Å². The van der Waals surface area contributed by atoms with Gasteiger partial charge in [-0.05, 0) is 30.4 Å². The molecule has 0 radical (unpaired) electrons. The summed E-state index contributed by atoms with van der Waals surface area (Å²) in [4.78, 5) is 11.7. The lowest BCUT2D eigenvalue weighted by Crippen LogP contribution is -2.23. The van der Waals surface area contributed by atoms with Crippen molar-refractivity contribution in [1.29, 1.82) is 0 Å². The Morgan fingerprint density at radius 1 is 1.33 bits per heavy atom. The lowest BCUT2D eigenvalue weighted by atomic mass is 10.1. The molecule has 0 aliphatic heterocycles. The van der Waals surface area contributed by atoms with Crippen LogP contribution in [0.3, 0.4) is 0 Å². The van der Waals surface area contributed by atoms with Crippen LogP contribution in [0.2, 0.25) is 5.28 Å². The number of nitrogens with two attached hydrogens (primary N) is 1. The molecule has 0 aromatic carbocycles. The van der Waals surface area contributed by atoms with Gasteiger partial charge in [-0.3, -0.25) is 0 Å². The van der Waals surface area contributed by atoms with Gasteiger partial charge in [0.2, 0.25) is 17.2 Å². The van der Waals surface area contributed by atoms with Crippen LogP contribution in [0.4, 0.5) is 11.9 Å². The zero-order chi connectivity index (χ0) is 10.8. The number of nitrogens with zero attached hydrogens (tertiary/aromatic N) is 3. The summed E-state index contributed by atoms with van der Waals surface area (Å²) in [6.07, 6.45) is 3.63. The summed E-state index contributed by atoms with van der Waals surface area (Å²) < 4.78 is 0. The van der Waals surface area contributed by atoms with Crippen molar-refractivity contribution in [2.45, 2.75) is 32.2 Å². The lowest BCUT2D eigenvalue weighted by molar-refractivity contribution is 0.553. The number of nitrogen functional groups attached to an aromatic ring is 1. The molecule has 1 saturated carbocycles. The summed E-state index contributed by atoms with van der Waals surface area (Å²) in [6.45, 7) is 2.22. The van der Waals surface area contributed by atoms with Crippen LogP contribution in [0.25, 0.3) is 0 Å². The molecule has 0 spiro atoms. The number of hydrogen-bond donors (Lipinski definition) is 2. The first-order valence-corrected chi connectivity index (χ1v) is 5.46. The number of nitrogens with one attached hydrogen (secondary N) is 1. The maximum Gasteiger partial charge on any atom is 0.229 e. The normalized spacial score (nSPS) is 25.5. The Morgan fingerprint density at radius 2 is 2.13 bits per heavy atom. The Balaban J connectivity index is 2.10. The van der Waals surface area contributed by atoms with E-state index < -0.39 is 0 Å². The highest BCUT2D eigenvalue weighted by molar-refractivity contribution is 6.28. The van der Waals surface area contributed by atoms with E-state index in [1.54, 1.807) is 0 Å². The van der Waals surface area contributed by atoms with Crippen molar-refractivity contribution in [2.24, 2.45) is 5.92 Å². The standard InChI is InChI=1S/C9H14ClN5/c1-5-3-2-4-6(5)12-9-14-7(10)13-8(11)15-9/h5-6H,2-4H2,1H3,(H3,11,12,13,14,15). The van der Waals surface area contributed by atoms with E-state index in [1.165, 1.54) is 12.8 Å². The SMILES string of the molecule is CC1CCCC1Nc1nc(N)nc(Cl)n1. The summed E-state index contributed by atoms with van der Waals surface area (Å²) in [7, 11) is 0. The summed E-state index contributed by atoms with van der Waals surface area (Å²) in [5, 5.41) is 3.38. The molecule has 82 valence electrons. The van der Waals surface area contributed by atoms with E-state index in [-0.39, 0.29) is 11.2 Å². The minimum absolute atomic E-state index is 0.135. The molecule has 1 fully saturated rings. The van der Waals surface area contributed by atoms with Gasteiger partial charge in [-0.25, -0.2) is 0 Å². The van der Waals surface area contributed by atoms with E-state index in [0.29, 0.717) is 17.9 Å². The van der Waals surface area contributed by atoms with Gasteiger partial charge in [0, 0.05) is 6.04 Å². The molecule has 1 aromatic heterocycles. The molecule has 0 bridgehead atoms. The molecule has 1 aromatic rings. The van der Waals surface area contributed by atoms with Gasteiger partial charge in [-0.15, -0.1) is 0 Å². The first-order chi connectivity index (χ1) is 7.15. The van der Waals surface area contributed by atoms with E-state index in [4.69, 9.17) is 17.3 Å². The third-order valence-corrected chi connectivity index (χ3v) is 2.97. The highest BCUT2D eigenvalue weighted by Gasteiger charge is 2.23. The van der Waals surface area contributed by atoms with E-state index >= 15 is 0 Å². The fourth-order valence-electron chi connectivity index (χ4n) is 1.96. The second-order valence-corrected chi connectivity index (χ2v) is 4.28. The van der Waals surface area contributed by atoms with Gasteiger partial charge in [-0.1, -0.05) is 13.3 Å². The van der Waals surface area contributed by atoms with Crippen LogP contribution in [0.1, 0.15) is 26.2 Å². The molecule has 15 heavy (non-hydrogen) atoms. The second kappa shape index (κ2) is 4.18. The van der Waals surface area contributed by atoms with Crippen LogP contribution in [0.15, 0.2) is 0 Å². The first-order valence-electron chi connectivity index (χ1n) is 5.09. The number of anilines is 2.